The number of ketones is 1. The molecule has 0 radical (unpaired) electrons. The summed E-state index contributed by atoms with van der Waals surface area (Å²) in [5.74, 6) is -5.03. The smallest absolute Gasteiger partial charge is 0.323 e. The predicted octanol–water partition coefficient (Wildman–Crippen LogP) is 1.52. The van der Waals surface area contributed by atoms with E-state index in [-0.39, 0.29) is 31.8 Å². The van der Waals surface area contributed by atoms with Crippen molar-refractivity contribution in [1.29, 1.82) is 10.5 Å². The minimum Gasteiger partial charge on any atom is -0.465 e. The van der Waals surface area contributed by atoms with Crippen LogP contribution in [0.5, 0.6) is 0 Å². The van der Waals surface area contributed by atoms with Crippen LogP contribution in [0.1, 0.15) is 39.5 Å². The second-order valence-corrected chi connectivity index (χ2v) is 5.29. The van der Waals surface area contributed by atoms with Gasteiger partial charge in [-0.3, -0.25) is 14.4 Å². The van der Waals surface area contributed by atoms with Crippen LogP contribution in [0.3, 0.4) is 0 Å². The lowest BCUT2D eigenvalue weighted by Crippen LogP contribution is -2.49. The van der Waals surface area contributed by atoms with Gasteiger partial charge in [-0.2, -0.15) is 10.5 Å². The standard InChI is InChI=1S/C16H20N2O5/c1-3-22-14(20)13(15(21)23-4-2)16(9-17,10-18)11-7-5-6-8-12(11)19/h11,13H,3-8H2,1-2H3/t11-/m0/s1. The molecule has 0 amide bonds. The van der Waals surface area contributed by atoms with Gasteiger partial charge in [-0.05, 0) is 26.7 Å². The van der Waals surface area contributed by atoms with Gasteiger partial charge >= 0.3 is 11.9 Å². The maximum atomic E-state index is 12.2. The van der Waals surface area contributed by atoms with Crippen molar-refractivity contribution in [1.82, 2.24) is 0 Å². The van der Waals surface area contributed by atoms with Crippen LogP contribution < -0.4 is 0 Å². The SMILES string of the molecule is CCOC(=O)C(C(=O)OCC)C(C#N)(C#N)[C@H]1CCCCC1=O. The Kier molecular flexibility index (Phi) is 6.71. The fourth-order valence-electron chi connectivity index (χ4n) is 2.89. The summed E-state index contributed by atoms with van der Waals surface area (Å²) in [7, 11) is 0. The third-order valence-corrected chi connectivity index (χ3v) is 3.97. The van der Waals surface area contributed by atoms with Crippen molar-refractivity contribution in [2.24, 2.45) is 17.3 Å². The number of Topliss-reactive ketones (excluding diaryl/α,β-unsaturated/α-hetero) is 1. The molecule has 1 saturated carbocycles. The Hall–Kier alpha value is -2.41. The molecular weight excluding hydrogens is 300 g/mol. The van der Waals surface area contributed by atoms with Crippen LogP contribution in [0.15, 0.2) is 0 Å². The molecule has 0 spiro atoms. The maximum Gasteiger partial charge on any atom is 0.323 e. The predicted molar refractivity (Wildman–Crippen MR) is 77.4 cm³/mol. The number of rotatable bonds is 6. The third-order valence-electron chi connectivity index (χ3n) is 3.97. The normalized spacial score (nSPS) is 18.0. The summed E-state index contributed by atoms with van der Waals surface area (Å²) >= 11 is 0. The first-order valence-electron chi connectivity index (χ1n) is 7.66. The highest BCUT2D eigenvalue weighted by Crippen LogP contribution is 2.42. The average Bonchev–Trinajstić information content (AvgIpc) is 2.53. The van der Waals surface area contributed by atoms with E-state index in [4.69, 9.17) is 9.47 Å². The Balaban J connectivity index is 3.37. The van der Waals surface area contributed by atoms with Gasteiger partial charge in [0.1, 0.15) is 5.78 Å². The molecule has 0 aliphatic heterocycles. The average molecular weight is 320 g/mol. The van der Waals surface area contributed by atoms with E-state index in [1.807, 2.05) is 0 Å². The van der Waals surface area contributed by atoms with Crippen molar-refractivity contribution < 1.29 is 23.9 Å². The van der Waals surface area contributed by atoms with Crippen molar-refractivity contribution in [3.05, 3.63) is 0 Å². The summed E-state index contributed by atoms with van der Waals surface area (Å²) in [5.41, 5.74) is -2.10. The Morgan fingerprint density at radius 1 is 1.17 bits per heavy atom. The van der Waals surface area contributed by atoms with E-state index in [9.17, 15) is 24.9 Å². The van der Waals surface area contributed by atoms with Crippen molar-refractivity contribution in [3.63, 3.8) is 0 Å². The largest absolute Gasteiger partial charge is 0.465 e. The summed E-state index contributed by atoms with van der Waals surface area (Å²) < 4.78 is 9.71. The zero-order valence-electron chi connectivity index (χ0n) is 13.3. The zero-order valence-corrected chi connectivity index (χ0v) is 13.3. The lowest BCUT2D eigenvalue weighted by atomic mass is 9.63. The first-order chi connectivity index (χ1) is 11.0. The highest BCUT2D eigenvalue weighted by molar-refractivity contribution is 5.98. The van der Waals surface area contributed by atoms with Gasteiger partial charge in [-0.25, -0.2) is 0 Å². The molecule has 0 unspecified atom stereocenters. The van der Waals surface area contributed by atoms with Gasteiger partial charge in [0.2, 0.25) is 0 Å². The van der Waals surface area contributed by atoms with Crippen LogP contribution in [-0.4, -0.2) is 30.9 Å². The van der Waals surface area contributed by atoms with Gasteiger partial charge in [0.25, 0.3) is 0 Å². The van der Waals surface area contributed by atoms with Gasteiger partial charge in [-0.1, -0.05) is 6.42 Å². The number of esters is 2. The van der Waals surface area contributed by atoms with Crippen molar-refractivity contribution >= 4 is 17.7 Å². The van der Waals surface area contributed by atoms with Crippen LogP contribution in [-0.2, 0) is 23.9 Å². The minimum absolute atomic E-state index is 0.0136. The first-order valence-corrected chi connectivity index (χ1v) is 7.66. The summed E-state index contributed by atoms with van der Waals surface area (Å²) in [6.07, 6.45) is 1.84. The number of hydrogen-bond donors (Lipinski definition) is 0. The van der Waals surface area contributed by atoms with Gasteiger partial charge < -0.3 is 9.47 Å². The van der Waals surface area contributed by atoms with Crippen LogP contribution in [0.4, 0.5) is 0 Å². The summed E-state index contributed by atoms with van der Waals surface area (Å²) in [4.78, 5) is 36.7. The van der Waals surface area contributed by atoms with E-state index in [0.29, 0.717) is 12.8 Å². The third kappa shape index (κ3) is 3.68. The molecule has 0 aromatic heterocycles. The Labute approximate surface area is 135 Å². The van der Waals surface area contributed by atoms with Crippen LogP contribution in [0.2, 0.25) is 0 Å². The van der Waals surface area contributed by atoms with E-state index in [2.05, 4.69) is 0 Å². The van der Waals surface area contributed by atoms with Crippen molar-refractivity contribution in [3.8, 4) is 12.1 Å². The number of carbonyl (C=O) groups is 3. The van der Waals surface area contributed by atoms with Gasteiger partial charge in [-0.15, -0.1) is 0 Å². The highest BCUT2D eigenvalue weighted by Gasteiger charge is 2.57. The lowest BCUT2D eigenvalue weighted by molar-refractivity contribution is -0.167. The molecule has 0 N–H and O–H groups in total. The topological polar surface area (TPSA) is 117 Å². The Morgan fingerprint density at radius 2 is 1.70 bits per heavy atom. The molecule has 1 atom stereocenters. The summed E-state index contributed by atoms with van der Waals surface area (Å²) in [5, 5.41) is 19.2. The monoisotopic (exact) mass is 320 g/mol. The zero-order chi connectivity index (χ0) is 17.5. The molecule has 0 aromatic rings. The van der Waals surface area contributed by atoms with Gasteiger partial charge in [0, 0.05) is 6.42 Å². The number of nitrogens with zero attached hydrogens (tertiary/aromatic N) is 2. The van der Waals surface area contributed by atoms with E-state index in [1.165, 1.54) is 0 Å². The molecule has 0 bridgehead atoms. The maximum absolute atomic E-state index is 12.2. The Morgan fingerprint density at radius 3 is 2.09 bits per heavy atom. The van der Waals surface area contributed by atoms with E-state index >= 15 is 0 Å². The molecule has 1 aliphatic rings. The lowest BCUT2D eigenvalue weighted by Gasteiger charge is -2.34. The second-order valence-electron chi connectivity index (χ2n) is 5.29. The fraction of sp³-hybridized carbons (Fsp3) is 0.688. The number of ether oxygens (including phenoxy) is 2. The molecule has 1 fully saturated rings. The number of hydrogen-bond acceptors (Lipinski definition) is 7. The number of carbonyl (C=O) groups excluding carboxylic acids is 3. The molecule has 1 aliphatic carbocycles. The second kappa shape index (κ2) is 8.28. The first kappa shape index (κ1) is 18.6. The molecule has 0 saturated heterocycles. The number of nitriles is 2. The molecule has 0 aromatic carbocycles. The molecule has 0 heterocycles. The minimum atomic E-state index is -2.10. The van der Waals surface area contributed by atoms with Crippen molar-refractivity contribution in [2.45, 2.75) is 39.5 Å². The molecule has 23 heavy (non-hydrogen) atoms. The van der Waals surface area contributed by atoms with Crippen molar-refractivity contribution in [2.75, 3.05) is 13.2 Å². The van der Waals surface area contributed by atoms with Gasteiger partial charge in [0.05, 0.1) is 31.3 Å². The molecule has 1 rings (SSSR count). The van der Waals surface area contributed by atoms with Gasteiger partial charge in [0.15, 0.2) is 11.3 Å². The molecule has 124 valence electrons. The van der Waals surface area contributed by atoms with Crippen LogP contribution >= 0.6 is 0 Å². The van der Waals surface area contributed by atoms with E-state index < -0.39 is 29.2 Å². The summed E-state index contributed by atoms with van der Waals surface area (Å²) in [6, 6.07) is 3.52. The fourth-order valence-corrected chi connectivity index (χ4v) is 2.89. The molecular formula is C16H20N2O5. The van der Waals surface area contributed by atoms with Crippen LogP contribution in [0, 0.1) is 39.9 Å². The highest BCUT2D eigenvalue weighted by atomic mass is 16.6. The Bertz CT molecular complexity index is 526. The van der Waals surface area contributed by atoms with Crippen LogP contribution in [0.25, 0.3) is 0 Å². The molecule has 7 heteroatoms. The summed E-state index contributed by atoms with van der Waals surface area (Å²) in [6.45, 7) is 3.07. The quantitative estimate of drug-likeness (QED) is 0.538. The molecule has 7 nitrogen and oxygen atoms in total. The van der Waals surface area contributed by atoms with E-state index in [1.54, 1.807) is 26.0 Å². The van der Waals surface area contributed by atoms with E-state index in [0.717, 1.165) is 0 Å².